The number of carbonyl (C=O) groups excluding carboxylic acids is 1. The number of anilines is 1. The molecule has 0 bridgehead atoms. The third-order valence-electron chi connectivity index (χ3n) is 3.20. The molecule has 0 aliphatic carbocycles. The van der Waals surface area contributed by atoms with Crippen molar-refractivity contribution in [3.05, 3.63) is 75.3 Å². The third-order valence-corrected chi connectivity index (χ3v) is 3.20. The van der Waals surface area contributed by atoms with Crippen LogP contribution in [0.15, 0.2) is 54.1 Å². The summed E-state index contributed by atoms with van der Waals surface area (Å²) in [5, 5.41) is 22.0. The normalized spacial score (nSPS) is 11.5. The quantitative estimate of drug-likeness (QED) is 0.383. The summed E-state index contributed by atoms with van der Waals surface area (Å²) in [6, 6.07) is 10.8. The van der Waals surface area contributed by atoms with E-state index in [9.17, 15) is 28.1 Å². The standard InChI is InChI=1S/C17H10F3N3O3/c18-17(19,20)13-4-2-5-14(9-13)22-16(24)12(10-21)7-11-3-1-6-15(8-11)23(25)26/h1-9H,(H,22,24). The highest BCUT2D eigenvalue weighted by atomic mass is 19.4. The number of alkyl halides is 3. The predicted molar refractivity (Wildman–Crippen MR) is 86.8 cm³/mol. The number of halogens is 3. The van der Waals surface area contributed by atoms with Crippen LogP contribution in [-0.4, -0.2) is 10.8 Å². The van der Waals surface area contributed by atoms with Gasteiger partial charge in [0.05, 0.1) is 10.5 Å². The molecule has 0 aliphatic heterocycles. The van der Waals surface area contributed by atoms with Crippen molar-refractivity contribution >= 4 is 23.4 Å². The van der Waals surface area contributed by atoms with Gasteiger partial charge in [0.15, 0.2) is 0 Å². The van der Waals surface area contributed by atoms with E-state index in [1.807, 2.05) is 0 Å². The number of benzene rings is 2. The number of nitro benzene ring substituents is 1. The second-order valence-corrected chi connectivity index (χ2v) is 5.05. The lowest BCUT2D eigenvalue weighted by molar-refractivity contribution is -0.384. The van der Waals surface area contributed by atoms with Crippen molar-refractivity contribution in [2.24, 2.45) is 0 Å². The molecule has 0 unspecified atom stereocenters. The van der Waals surface area contributed by atoms with Gasteiger partial charge in [-0.05, 0) is 29.8 Å². The molecule has 0 aromatic heterocycles. The van der Waals surface area contributed by atoms with Gasteiger partial charge in [0.2, 0.25) is 0 Å². The molecule has 6 nitrogen and oxygen atoms in total. The van der Waals surface area contributed by atoms with Crippen LogP contribution >= 0.6 is 0 Å². The number of hydrogen-bond donors (Lipinski definition) is 1. The SMILES string of the molecule is N#CC(=Cc1cccc([N+](=O)[O-])c1)C(=O)Nc1cccc(C(F)(F)F)c1. The van der Waals surface area contributed by atoms with Crippen LogP contribution < -0.4 is 5.32 Å². The molecule has 0 fully saturated rings. The molecule has 0 saturated carbocycles. The van der Waals surface area contributed by atoms with Gasteiger partial charge in [-0.1, -0.05) is 18.2 Å². The van der Waals surface area contributed by atoms with E-state index >= 15 is 0 Å². The molecule has 0 spiro atoms. The zero-order chi connectivity index (χ0) is 19.3. The van der Waals surface area contributed by atoms with Gasteiger partial charge < -0.3 is 5.32 Å². The Hall–Kier alpha value is -3.67. The van der Waals surface area contributed by atoms with E-state index in [1.165, 1.54) is 24.3 Å². The zero-order valence-corrected chi connectivity index (χ0v) is 12.9. The van der Waals surface area contributed by atoms with Crippen molar-refractivity contribution in [1.82, 2.24) is 0 Å². The Kier molecular flexibility index (Phi) is 5.37. The van der Waals surface area contributed by atoms with Crippen LogP contribution in [0.5, 0.6) is 0 Å². The average molecular weight is 361 g/mol. The molecule has 9 heteroatoms. The number of amides is 1. The van der Waals surface area contributed by atoms with Crippen molar-refractivity contribution < 1.29 is 22.9 Å². The highest BCUT2D eigenvalue weighted by Gasteiger charge is 2.30. The van der Waals surface area contributed by atoms with Crippen LogP contribution in [0.25, 0.3) is 6.08 Å². The predicted octanol–water partition coefficient (Wildman–Crippen LogP) is 4.16. The summed E-state index contributed by atoms with van der Waals surface area (Å²) < 4.78 is 38.1. The molecule has 1 amide bonds. The summed E-state index contributed by atoms with van der Waals surface area (Å²) in [6.07, 6.45) is -3.46. The Balaban J connectivity index is 2.26. The molecule has 0 atom stereocenters. The molecular weight excluding hydrogens is 351 g/mol. The van der Waals surface area contributed by atoms with Gasteiger partial charge in [-0.2, -0.15) is 18.4 Å². The maximum absolute atomic E-state index is 12.7. The number of rotatable bonds is 4. The number of nitrogens with zero attached hydrogens (tertiary/aromatic N) is 2. The van der Waals surface area contributed by atoms with Crippen molar-refractivity contribution in [1.29, 1.82) is 5.26 Å². The van der Waals surface area contributed by atoms with Crippen LogP contribution in [0.1, 0.15) is 11.1 Å². The first kappa shape index (κ1) is 18.7. The molecule has 2 rings (SSSR count). The fourth-order valence-corrected chi connectivity index (χ4v) is 2.02. The van der Waals surface area contributed by atoms with Gasteiger partial charge in [-0.25, -0.2) is 0 Å². The molecular formula is C17H10F3N3O3. The Morgan fingerprint density at radius 1 is 1.19 bits per heavy atom. The first-order valence-corrected chi connectivity index (χ1v) is 7.05. The summed E-state index contributed by atoms with van der Waals surface area (Å²) in [4.78, 5) is 22.2. The van der Waals surface area contributed by atoms with Crippen LogP contribution in [0, 0.1) is 21.4 Å². The van der Waals surface area contributed by atoms with E-state index in [1.54, 1.807) is 6.07 Å². The molecule has 26 heavy (non-hydrogen) atoms. The van der Waals surface area contributed by atoms with Gasteiger partial charge in [0.1, 0.15) is 11.6 Å². The van der Waals surface area contributed by atoms with E-state index in [2.05, 4.69) is 5.32 Å². The average Bonchev–Trinajstić information content (AvgIpc) is 2.59. The largest absolute Gasteiger partial charge is 0.416 e. The summed E-state index contributed by atoms with van der Waals surface area (Å²) in [7, 11) is 0. The number of carbonyl (C=O) groups is 1. The second kappa shape index (κ2) is 7.48. The summed E-state index contributed by atoms with van der Waals surface area (Å²) in [5.41, 5.74) is -1.49. The minimum Gasteiger partial charge on any atom is -0.321 e. The maximum atomic E-state index is 12.7. The minimum absolute atomic E-state index is 0.134. The van der Waals surface area contributed by atoms with Gasteiger partial charge >= 0.3 is 6.18 Å². The van der Waals surface area contributed by atoms with Crippen molar-refractivity contribution in [3.8, 4) is 6.07 Å². The van der Waals surface area contributed by atoms with Crippen LogP contribution in [0.2, 0.25) is 0 Å². The molecule has 132 valence electrons. The summed E-state index contributed by atoms with van der Waals surface area (Å²) in [5.74, 6) is -0.932. The molecule has 0 heterocycles. The van der Waals surface area contributed by atoms with Crippen molar-refractivity contribution in [3.63, 3.8) is 0 Å². The van der Waals surface area contributed by atoms with E-state index in [-0.39, 0.29) is 16.9 Å². The van der Waals surface area contributed by atoms with E-state index in [4.69, 9.17) is 5.26 Å². The van der Waals surface area contributed by atoms with Crippen LogP contribution in [0.3, 0.4) is 0 Å². The van der Waals surface area contributed by atoms with Crippen molar-refractivity contribution in [2.75, 3.05) is 5.32 Å². The lowest BCUT2D eigenvalue weighted by Crippen LogP contribution is -2.14. The molecule has 0 radical (unpaired) electrons. The fraction of sp³-hybridized carbons (Fsp3) is 0.0588. The Labute approximate surface area is 145 Å². The van der Waals surface area contributed by atoms with Gasteiger partial charge in [0.25, 0.3) is 11.6 Å². The monoisotopic (exact) mass is 361 g/mol. The van der Waals surface area contributed by atoms with Gasteiger partial charge in [-0.15, -0.1) is 0 Å². The minimum atomic E-state index is -4.57. The number of non-ortho nitro benzene ring substituents is 1. The second-order valence-electron chi connectivity index (χ2n) is 5.05. The molecule has 2 aromatic rings. The first-order valence-electron chi connectivity index (χ1n) is 7.05. The lowest BCUT2D eigenvalue weighted by atomic mass is 10.1. The van der Waals surface area contributed by atoms with E-state index in [0.29, 0.717) is 0 Å². The third kappa shape index (κ3) is 4.67. The Bertz CT molecular complexity index is 931. The van der Waals surface area contributed by atoms with Crippen LogP contribution in [-0.2, 0) is 11.0 Å². The Morgan fingerprint density at radius 2 is 1.88 bits per heavy atom. The first-order chi connectivity index (χ1) is 12.2. The molecule has 2 aromatic carbocycles. The lowest BCUT2D eigenvalue weighted by Gasteiger charge is -2.09. The number of nitro groups is 1. The van der Waals surface area contributed by atoms with Crippen LogP contribution in [0.4, 0.5) is 24.5 Å². The van der Waals surface area contributed by atoms with E-state index < -0.39 is 28.1 Å². The summed E-state index contributed by atoms with van der Waals surface area (Å²) >= 11 is 0. The van der Waals surface area contributed by atoms with Crippen molar-refractivity contribution in [2.45, 2.75) is 6.18 Å². The molecule has 1 N–H and O–H groups in total. The molecule has 0 saturated heterocycles. The highest BCUT2D eigenvalue weighted by molar-refractivity contribution is 6.09. The van der Waals surface area contributed by atoms with Gasteiger partial charge in [0, 0.05) is 17.8 Å². The smallest absolute Gasteiger partial charge is 0.321 e. The Morgan fingerprint density at radius 3 is 2.50 bits per heavy atom. The molecule has 0 aliphatic rings. The number of hydrogen-bond acceptors (Lipinski definition) is 4. The van der Waals surface area contributed by atoms with Gasteiger partial charge in [-0.3, -0.25) is 14.9 Å². The highest BCUT2D eigenvalue weighted by Crippen LogP contribution is 2.30. The summed E-state index contributed by atoms with van der Waals surface area (Å²) in [6.45, 7) is 0. The topological polar surface area (TPSA) is 96.0 Å². The fourth-order valence-electron chi connectivity index (χ4n) is 2.02. The number of nitriles is 1. The zero-order valence-electron chi connectivity index (χ0n) is 12.9. The number of nitrogens with one attached hydrogen (secondary N) is 1. The maximum Gasteiger partial charge on any atom is 0.416 e. The van der Waals surface area contributed by atoms with E-state index in [0.717, 1.165) is 30.3 Å².